The summed E-state index contributed by atoms with van der Waals surface area (Å²) in [5.41, 5.74) is 0.661. The van der Waals surface area contributed by atoms with E-state index in [2.05, 4.69) is 6.58 Å². The lowest BCUT2D eigenvalue weighted by Gasteiger charge is -2.17. The number of aliphatic carboxylic acids is 1. The molecule has 2 fully saturated rings. The molecule has 4 N–H and O–H groups in total. The van der Waals surface area contributed by atoms with E-state index in [1.165, 1.54) is 84.9 Å². The molecule has 0 radical (unpaired) electrons. The van der Waals surface area contributed by atoms with Crippen LogP contribution in [0.1, 0.15) is 52.0 Å². The van der Waals surface area contributed by atoms with Gasteiger partial charge in [-0.2, -0.15) is 0 Å². The van der Waals surface area contributed by atoms with Crippen LogP contribution >= 0.6 is 0 Å². The predicted octanol–water partition coefficient (Wildman–Crippen LogP) is 5.98. The number of carboxylic acids is 2. The number of aromatic hydroxyl groups is 2. The third kappa shape index (κ3) is 9.22. The predicted molar refractivity (Wildman–Crippen MR) is 242 cm³/mol. The van der Waals surface area contributed by atoms with Crippen LogP contribution < -0.4 is 10.9 Å². The third-order valence-corrected chi connectivity index (χ3v) is 10.8. The number of carboxylic acid groups (broad SMARTS) is 2. The zero-order chi connectivity index (χ0) is 50.1. The number of fused-ring (bicyclic) bond motifs is 4. The number of benzene rings is 5. The number of phenols is 2. The monoisotopic (exact) mass is 948 g/mol. The molecule has 4 aliphatic heterocycles. The molecule has 3 aromatic carbocycles. The lowest BCUT2D eigenvalue weighted by atomic mass is 9.90. The first-order valence-electron chi connectivity index (χ1n) is 20.6. The molecule has 350 valence electrons. The minimum atomic E-state index is -1.36. The van der Waals surface area contributed by atoms with Crippen molar-refractivity contribution in [1.82, 2.24) is 10.1 Å². The van der Waals surface area contributed by atoms with Crippen LogP contribution in [0.15, 0.2) is 140 Å². The summed E-state index contributed by atoms with van der Waals surface area (Å²) in [4.78, 5) is 130. The molecule has 2 saturated heterocycles. The van der Waals surface area contributed by atoms with Gasteiger partial charge < -0.3 is 38.9 Å². The first-order valence-corrected chi connectivity index (χ1v) is 20.6. The van der Waals surface area contributed by atoms with Crippen LogP contribution in [0, 0.1) is 0 Å². The molecule has 0 unspecified atom stereocenters. The highest BCUT2D eigenvalue weighted by molar-refractivity contribution is 6.10. The smallest absolute Gasteiger partial charge is 0.363 e. The van der Waals surface area contributed by atoms with E-state index < -0.39 is 47.5 Å². The van der Waals surface area contributed by atoms with E-state index in [-0.39, 0.29) is 104 Å². The molecule has 0 bridgehead atoms. The lowest BCUT2D eigenvalue weighted by molar-refractivity contribution is -0.194. The fraction of sp³-hybridized carbons (Fsp3) is 0.0800. The number of hydrogen-bond donors (Lipinski definition) is 4. The third-order valence-electron chi connectivity index (χ3n) is 10.8. The van der Waals surface area contributed by atoms with Crippen molar-refractivity contribution in [1.29, 1.82) is 0 Å². The fourth-order valence-electron chi connectivity index (χ4n) is 7.66. The van der Waals surface area contributed by atoms with E-state index in [1.54, 1.807) is 6.07 Å². The first kappa shape index (κ1) is 46.5. The minimum absolute atomic E-state index is 0.00133. The first-order chi connectivity index (χ1) is 33.4. The summed E-state index contributed by atoms with van der Waals surface area (Å²) < 4.78 is 11.5. The Kier molecular flexibility index (Phi) is 12.4. The van der Waals surface area contributed by atoms with Gasteiger partial charge in [-0.25, -0.2) is 19.2 Å². The maximum Gasteiger partial charge on any atom is 0.363 e. The Labute approximate surface area is 391 Å². The molecule has 20 heteroatoms. The zero-order valence-corrected chi connectivity index (χ0v) is 35.8. The highest BCUT2D eigenvalue weighted by atomic mass is 16.7. The Morgan fingerprint density at radius 1 is 0.586 bits per heavy atom. The number of rotatable bonds is 10. The number of amides is 4. The van der Waals surface area contributed by atoms with Crippen molar-refractivity contribution < 1.29 is 77.3 Å². The van der Waals surface area contributed by atoms with Crippen LogP contribution in [-0.2, 0) is 38.4 Å². The second-order valence-corrected chi connectivity index (χ2v) is 15.4. The second kappa shape index (κ2) is 18.7. The zero-order valence-electron chi connectivity index (χ0n) is 35.8. The van der Waals surface area contributed by atoms with Crippen molar-refractivity contribution >= 4 is 75.0 Å². The molecule has 2 aliphatic carbocycles. The minimum Gasteiger partial charge on any atom is -0.508 e. The average Bonchev–Trinajstić information content (AvgIpc) is 3.81. The number of carbonyl (C=O) groups excluding carboxylic acids is 6. The number of carbonyl (C=O) groups is 8. The number of imide groups is 2. The maximum absolute atomic E-state index is 12.7. The van der Waals surface area contributed by atoms with E-state index >= 15 is 0 Å². The van der Waals surface area contributed by atoms with Crippen molar-refractivity contribution in [2.24, 2.45) is 0 Å². The summed E-state index contributed by atoms with van der Waals surface area (Å²) in [5.74, 6) is -7.48. The Bertz CT molecular complexity index is 3550. The molecular formula is C50H32N2O18. The molecule has 0 spiro atoms. The Morgan fingerprint density at radius 3 is 1.66 bits per heavy atom. The van der Waals surface area contributed by atoms with Crippen LogP contribution in [0.3, 0.4) is 0 Å². The summed E-state index contributed by atoms with van der Waals surface area (Å²) in [6, 6.07) is 20.2. The summed E-state index contributed by atoms with van der Waals surface area (Å²) in [6.45, 7) is 3.54. The van der Waals surface area contributed by atoms with Crippen LogP contribution in [0.2, 0.25) is 0 Å². The van der Waals surface area contributed by atoms with Crippen molar-refractivity contribution in [2.45, 2.75) is 25.7 Å². The van der Waals surface area contributed by atoms with E-state index in [0.717, 1.165) is 18.2 Å². The standard InChI is InChI=1S/C25H15NO9.C25H17NO9/c27-13-2-5-16-19(10-13)34-20-11-14(28)3-6-17(20)23(16)15-4-1-12(9-18(15)24(31)32)25(33)35-26-21(29)7-8-22(26)30;1-2-13(25(33)35-26-21(29)7-8-22(26)30)9-14(10-23(31)32)24-17-5-3-15(27)11-19(17)34-20-12-16(28)4-6-18(20)24/h1-6,9-11,27H,7-8H2,(H,31,32);2-6,9-12,27H,1,7-8H2,(H,31,32). The van der Waals surface area contributed by atoms with Crippen LogP contribution in [0.5, 0.6) is 11.5 Å². The molecule has 9 rings (SSSR count). The van der Waals surface area contributed by atoms with Crippen molar-refractivity contribution in [3.8, 4) is 45.3 Å². The molecule has 0 saturated carbocycles. The van der Waals surface area contributed by atoms with Crippen molar-refractivity contribution in [3.63, 3.8) is 0 Å². The normalized spacial score (nSPS) is 14.1. The second-order valence-electron chi connectivity index (χ2n) is 15.4. The van der Waals surface area contributed by atoms with Gasteiger partial charge in [-0.15, -0.1) is 10.1 Å². The number of aromatic carboxylic acids is 1. The van der Waals surface area contributed by atoms with Crippen molar-refractivity contribution in [2.75, 3.05) is 0 Å². The molecule has 70 heavy (non-hydrogen) atoms. The fourth-order valence-corrected chi connectivity index (χ4v) is 7.66. The van der Waals surface area contributed by atoms with Gasteiger partial charge >= 0.3 is 23.9 Å². The maximum atomic E-state index is 12.7. The molecule has 4 amide bonds. The molecule has 20 nitrogen and oxygen atoms in total. The summed E-state index contributed by atoms with van der Waals surface area (Å²) in [5, 5.41) is 40.9. The highest BCUT2D eigenvalue weighted by Crippen LogP contribution is 2.43. The van der Waals surface area contributed by atoms with Gasteiger partial charge in [-0.05, 0) is 77.9 Å². The van der Waals surface area contributed by atoms with Crippen LogP contribution in [-0.4, -0.2) is 78.1 Å². The lowest BCUT2D eigenvalue weighted by Crippen LogP contribution is -2.32. The van der Waals surface area contributed by atoms with Crippen LogP contribution in [0.4, 0.5) is 0 Å². The molecule has 6 aliphatic rings. The Hall–Kier alpha value is -9.98. The van der Waals surface area contributed by atoms with Gasteiger partial charge in [0.1, 0.15) is 34.2 Å². The summed E-state index contributed by atoms with van der Waals surface area (Å²) >= 11 is 0. The van der Waals surface area contributed by atoms with E-state index in [4.69, 9.17) is 18.5 Å². The van der Waals surface area contributed by atoms with Crippen molar-refractivity contribution in [3.05, 3.63) is 159 Å². The van der Waals surface area contributed by atoms with Gasteiger partial charge in [0.05, 0.1) is 16.7 Å². The summed E-state index contributed by atoms with van der Waals surface area (Å²) in [6.07, 6.45) is 2.74. The Morgan fingerprint density at radius 2 is 1.10 bits per heavy atom. The SMILES string of the molecule is C=CC(=CC(=CC(=O)O)c1c2ccc(=O)cc-2oc2cc(O)ccc12)C(=O)ON1C(=O)CCC1=O.O=C(ON1C(=O)CCC1=O)c1ccc(-c2c3ccc(=O)cc-3oc3cc(O)ccc23)c(C(=O)O)c1. The quantitative estimate of drug-likeness (QED) is 0.0530. The molecule has 0 atom stereocenters. The van der Waals surface area contributed by atoms with Gasteiger partial charge in [0.2, 0.25) is 0 Å². The number of allylic oxidation sites excluding steroid dienone is 2. The number of phenolic OH excluding ortho intramolecular Hbond substituents is 2. The summed E-state index contributed by atoms with van der Waals surface area (Å²) in [7, 11) is 0. The number of hydroxylamine groups is 4. The number of nitrogens with zero attached hydrogens (tertiary/aromatic N) is 2. The highest BCUT2D eigenvalue weighted by Gasteiger charge is 2.35. The molecular weight excluding hydrogens is 917 g/mol. The number of hydrogen-bond acceptors (Lipinski definition) is 16. The molecule has 3 aromatic rings. The van der Waals surface area contributed by atoms with Gasteiger partial charge in [-0.1, -0.05) is 18.7 Å². The van der Waals surface area contributed by atoms with E-state index in [9.17, 15) is 68.4 Å². The largest absolute Gasteiger partial charge is 0.508 e. The van der Waals surface area contributed by atoms with Gasteiger partial charge in [-0.3, -0.25) is 28.8 Å². The van der Waals surface area contributed by atoms with E-state index in [1.807, 2.05) is 0 Å². The van der Waals surface area contributed by atoms with Gasteiger partial charge in [0.25, 0.3) is 23.6 Å². The van der Waals surface area contributed by atoms with Crippen LogP contribution in [0.25, 0.3) is 61.3 Å². The Balaban J connectivity index is 0.000000188. The van der Waals surface area contributed by atoms with E-state index in [0.29, 0.717) is 37.6 Å². The van der Waals surface area contributed by atoms with Gasteiger partial charge in [0.15, 0.2) is 10.9 Å². The average molecular weight is 949 g/mol. The van der Waals surface area contributed by atoms with Gasteiger partial charge in [0, 0.05) is 89.1 Å². The molecule has 4 heterocycles. The molecule has 0 aromatic heterocycles. The topological polar surface area (TPSA) is 303 Å².